The summed E-state index contributed by atoms with van der Waals surface area (Å²) in [5, 5.41) is 5.29. The van der Waals surface area contributed by atoms with Gasteiger partial charge < -0.3 is 20.3 Å². The fraction of sp³-hybridized carbons (Fsp3) is 0.321. The van der Waals surface area contributed by atoms with Crippen LogP contribution in [0.4, 0.5) is 24.7 Å². The molecule has 0 saturated carbocycles. The fourth-order valence-electron chi connectivity index (χ4n) is 4.52. The van der Waals surface area contributed by atoms with E-state index in [1.807, 2.05) is 18.2 Å². The molecule has 2 aromatic carbocycles. The molecular formula is C28H29F3N4O3. The van der Waals surface area contributed by atoms with Gasteiger partial charge in [-0.2, -0.15) is 13.2 Å². The highest BCUT2D eigenvalue weighted by Crippen LogP contribution is 2.35. The maximum atomic E-state index is 13.6. The number of nitrogens with one attached hydrogen (secondary N) is 2. The van der Waals surface area contributed by atoms with Crippen molar-refractivity contribution in [2.75, 3.05) is 24.7 Å². The highest BCUT2D eigenvalue weighted by Gasteiger charge is 2.34. The van der Waals surface area contributed by atoms with Gasteiger partial charge in [0.1, 0.15) is 17.3 Å². The van der Waals surface area contributed by atoms with E-state index in [9.17, 15) is 22.8 Å². The number of benzene rings is 2. The van der Waals surface area contributed by atoms with Crippen molar-refractivity contribution in [2.24, 2.45) is 5.92 Å². The molecule has 0 fully saturated rings. The molecule has 0 bridgehead atoms. The Kier molecular flexibility index (Phi) is 8.01. The van der Waals surface area contributed by atoms with Gasteiger partial charge in [0.2, 0.25) is 11.8 Å². The molecule has 1 aliphatic carbocycles. The Morgan fingerprint density at radius 1 is 1.03 bits per heavy atom. The molecule has 200 valence electrons. The zero-order valence-corrected chi connectivity index (χ0v) is 21.4. The molecule has 1 atom stereocenters. The van der Waals surface area contributed by atoms with E-state index in [1.54, 1.807) is 31.1 Å². The molecule has 0 aliphatic heterocycles. The lowest BCUT2D eigenvalue weighted by atomic mass is 9.83. The van der Waals surface area contributed by atoms with Gasteiger partial charge in [0.15, 0.2) is 0 Å². The van der Waals surface area contributed by atoms with Crippen LogP contribution in [-0.2, 0) is 35.2 Å². The van der Waals surface area contributed by atoms with E-state index in [0.717, 1.165) is 17.2 Å². The van der Waals surface area contributed by atoms with Crippen LogP contribution in [0.2, 0.25) is 0 Å². The molecule has 1 unspecified atom stereocenters. The average molecular weight is 527 g/mol. The van der Waals surface area contributed by atoms with Crippen LogP contribution in [-0.4, -0.2) is 35.8 Å². The lowest BCUT2D eigenvalue weighted by Gasteiger charge is -2.25. The molecule has 2 N–H and O–H groups in total. The van der Waals surface area contributed by atoms with Crippen LogP contribution in [0.1, 0.15) is 35.6 Å². The second kappa shape index (κ2) is 11.2. The van der Waals surface area contributed by atoms with Gasteiger partial charge >= 0.3 is 6.18 Å². The predicted molar refractivity (Wildman–Crippen MR) is 138 cm³/mol. The number of rotatable bonds is 7. The third-order valence-corrected chi connectivity index (χ3v) is 6.22. The summed E-state index contributed by atoms with van der Waals surface area (Å²) in [7, 11) is 3.40. The van der Waals surface area contributed by atoms with Gasteiger partial charge in [-0.3, -0.25) is 9.59 Å². The number of carbonyl (C=O) groups excluding carboxylic acids is 2. The van der Waals surface area contributed by atoms with Crippen molar-refractivity contribution in [3.63, 3.8) is 0 Å². The van der Waals surface area contributed by atoms with E-state index < -0.39 is 11.7 Å². The Hall–Kier alpha value is -3.92. The largest absolute Gasteiger partial charge is 0.457 e. The summed E-state index contributed by atoms with van der Waals surface area (Å²) < 4.78 is 46.9. The second-order valence-electron chi connectivity index (χ2n) is 9.63. The van der Waals surface area contributed by atoms with Crippen molar-refractivity contribution >= 4 is 23.3 Å². The van der Waals surface area contributed by atoms with Crippen molar-refractivity contribution in [1.82, 2.24) is 9.88 Å². The second-order valence-corrected chi connectivity index (χ2v) is 9.63. The third kappa shape index (κ3) is 6.89. The summed E-state index contributed by atoms with van der Waals surface area (Å²) in [4.78, 5) is 30.0. The van der Waals surface area contributed by atoms with Crippen LogP contribution in [0.3, 0.4) is 0 Å². The maximum absolute atomic E-state index is 13.6. The summed E-state index contributed by atoms with van der Waals surface area (Å²) in [6.45, 7) is 1.53. The maximum Gasteiger partial charge on any atom is 0.416 e. The van der Waals surface area contributed by atoms with Crippen molar-refractivity contribution in [2.45, 2.75) is 38.9 Å². The first-order chi connectivity index (χ1) is 18.0. The Labute approximate surface area is 219 Å². The van der Waals surface area contributed by atoms with Gasteiger partial charge in [-0.05, 0) is 80.4 Å². The van der Waals surface area contributed by atoms with Gasteiger partial charge in [-0.25, -0.2) is 4.98 Å². The standard InChI is InChI=1S/C28H29F3N4O3/c1-17(36)33-26-15-24(10-11-32-26)38-23-9-7-18-4-5-19(12-21(18)13-23)27(37)34-22-8-6-20(16-35(2)3)25(14-22)28(29,30)31/h6-11,13-15,19H,4-5,12,16H2,1-3H3,(H,34,37)(H,32,33,36). The number of hydrogen-bond acceptors (Lipinski definition) is 5. The predicted octanol–water partition coefficient (Wildman–Crippen LogP) is 5.66. The Morgan fingerprint density at radius 3 is 2.50 bits per heavy atom. The number of nitrogens with zero attached hydrogens (tertiary/aromatic N) is 2. The molecule has 0 spiro atoms. The van der Waals surface area contributed by atoms with E-state index in [-0.39, 0.29) is 35.5 Å². The first-order valence-corrected chi connectivity index (χ1v) is 12.2. The zero-order chi connectivity index (χ0) is 27.4. The molecule has 7 nitrogen and oxygen atoms in total. The summed E-state index contributed by atoms with van der Waals surface area (Å²) in [6.07, 6.45) is -1.29. The van der Waals surface area contributed by atoms with Crippen LogP contribution >= 0.6 is 0 Å². The lowest BCUT2D eigenvalue weighted by molar-refractivity contribution is -0.138. The molecule has 0 radical (unpaired) electrons. The van der Waals surface area contributed by atoms with Crippen LogP contribution in [0, 0.1) is 5.92 Å². The van der Waals surface area contributed by atoms with E-state index in [1.165, 1.54) is 25.3 Å². The number of halogens is 3. The number of aromatic nitrogens is 1. The topological polar surface area (TPSA) is 83.6 Å². The minimum atomic E-state index is -4.52. The number of pyridine rings is 1. The van der Waals surface area contributed by atoms with Crippen LogP contribution in [0.15, 0.2) is 54.7 Å². The minimum Gasteiger partial charge on any atom is -0.457 e. The molecule has 4 rings (SSSR count). The molecule has 10 heteroatoms. The highest BCUT2D eigenvalue weighted by molar-refractivity contribution is 5.93. The molecule has 0 saturated heterocycles. The molecule has 3 aromatic rings. The van der Waals surface area contributed by atoms with Crippen LogP contribution in [0.5, 0.6) is 11.5 Å². The smallest absolute Gasteiger partial charge is 0.416 e. The molecule has 38 heavy (non-hydrogen) atoms. The summed E-state index contributed by atoms with van der Waals surface area (Å²) in [5.41, 5.74) is 1.57. The quantitative estimate of drug-likeness (QED) is 0.415. The number of carbonyl (C=O) groups is 2. The minimum absolute atomic E-state index is 0.125. The third-order valence-electron chi connectivity index (χ3n) is 6.22. The molecule has 1 aliphatic rings. The number of amides is 2. The Bertz CT molecular complexity index is 1340. The summed E-state index contributed by atoms with van der Waals surface area (Å²) in [6, 6.07) is 12.9. The van der Waals surface area contributed by atoms with Crippen LogP contribution in [0.25, 0.3) is 0 Å². The number of fused-ring (bicyclic) bond motifs is 1. The number of ether oxygens (including phenoxy) is 1. The van der Waals surface area contributed by atoms with E-state index >= 15 is 0 Å². The van der Waals surface area contributed by atoms with Gasteiger partial charge in [0, 0.05) is 37.3 Å². The van der Waals surface area contributed by atoms with Crippen molar-refractivity contribution in [3.05, 3.63) is 77.0 Å². The van der Waals surface area contributed by atoms with Gasteiger partial charge in [-0.1, -0.05) is 12.1 Å². The molecular weight excluding hydrogens is 497 g/mol. The van der Waals surface area contributed by atoms with E-state index in [0.29, 0.717) is 36.6 Å². The highest BCUT2D eigenvalue weighted by atomic mass is 19.4. The Balaban J connectivity index is 1.46. The number of alkyl halides is 3. The van der Waals surface area contributed by atoms with Gasteiger partial charge in [-0.15, -0.1) is 0 Å². The van der Waals surface area contributed by atoms with Crippen molar-refractivity contribution in [1.29, 1.82) is 0 Å². The number of hydrogen-bond donors (Lipinski definition) is 2. The van der Waals surface area contributed by atoms with Crippen molar-refractivity contribution < 1.29 is 27.5 Å². The zero-order valence-electron chi connectivity index (χ0n) is 21.4. The normalized spacial score (nSPS) is 15.1. The van der Waals surface area contributed by atoms with Gasteiger partial charge in [0.25, 0.3) is 0 Å². The Morgan fingerprint density at radius 2 is 1.79 bits per heavy atom. The average Bonchev–Trinajstić information content (AvgIpc) is 2.83. The summed E-state index contributed by atoms with van der Waals surface area (Å²) in [5.74, 6) is 0.480. The number of aryl methyl sites for hydroxylation is 1. The van der Waals surface area contributed by atoms with Crippen molar-refractivity contribution in [3.8, 4) is 11.5 Å². The van der Waals surface area contributed by atoms with E-state index in [4.69, 9.17) is 4.74 Å². The SMILES string of the molecule is CC(=O)Nc1cc(Oc2ccc3c(c2)CC(C(=O)Nc2ccc(CN(C)C)c(C(F)(F)F)c2)CC3)ccn1. The molecule has 1 heterocycles. The van der Waals surface area contributed by atoms with E-state index in [2.05, 4.69) is 15.6 Å². The molecule has 1 aromatic heterocycles. The number of anilines is 2. The fourth-order valence-corrected chi connectivity index (χ4v) is 4.52. The monoisotopic (exact) mass is 526 g/mol. The lowest BCUT2D eigenvalue weighted by Crippen LogP contribution is -2.28. The first kappa shape index (κ1) is 27.1. The first-order valence-electron chi connectivity index (χ1n) is 12.2. The van der Waals surface area contributed by atoms with Gasteiger partial charge in [0.05, 0.1) is 5.56 Å². The van der Waals surface area contributed by atoms with Crippen LogP contribution < -0.4 is 15.4 Å². The molecule has 2 amide bonds. The summed E-state index contributed by atoms with van der Waals surface area (Å²) >= 11 is 0.